The lowest BCUT2D eigenvalue weighted by atomic mass is 10.2. The molecular weight excluding hydrogens is 286 g/mol. The Labute approximate surface area is 116 Å². The van der Waals surface area contributed by atoms with Crippen LogP contribution in [0.2, 0.25) is 0 Å². The number of rotatable bonds is 4. The van der Waals surface area contributed by atoms with Gasteiger partial charge in [0.15, 0.2) is 11.6 Å². The Bertz CT molecular complexity index is 686. The zero-order valence-corrected chi connectivity index (χ0v) is 11.0. The van der Waals surface area contributed by atoms with E-state index in [1.54, 1.807) is 0 Å². The molecule has 0 aliphatic rings. The van der Waals surface area contributed by atoms with E-state index in [9.17, 15) is 17.8 Å². The minimum Gasteiger partial charge on any atom is -0.478 e. The van der Waals surface area contributed by atoms with Crippen LogP contribution in [0.3, 0.4) is 0 Å². The highest BCUT2D eigenvalue weighted by Gasteiger charge is 2.10. The molecule has 0 saturated carbocycles. The summed E-state index contributed by atoms with van der Waals surface area (Å²) < 4.78 is 37.9. The molecule has 104 valence electrons. The lowest BCUT2D eigenvalue weighted by Gasteiger charge is -2.04. The van der Waals surface area contributed by atoms with Gasteiger partial charge in [-0.1, -0.05) is 12.1 Å². The Balaban J connectivity index is 2.21. The van der Waals surface area contributed by atoms with Crippen molar-refractivity contribution in [2.75, 3.05) is 0 Å². The first kappa shape index (κ1) is 14.3. The van der Waals surface area contributed by atoms with Gasteiger partial charge in [-0.05, 0) is 35.9 Å². The highest BCUT2D eigenvalue weighted by molar-refractivity contribution is 7.84. The number of hydrogen-bond donors (Lipinski definition) is 1. The Morgan fingerprint density at radius 3 is 2.50 bits per heavy atom. The van der Waals surface area contributed by atoms with Gasteiger partial charge in [-0.25, -0.2) is 13.6 Å². The molecule has 3 nitrogen and oxygen atoms in total. The molecule has 0 bridgehead atoms. The van der Waals surface area contributed by atoms with Crippen molar-refractivity contribution in [1.29, 1.82) is 0 Å². The molecule has 20 heavy (non-hydrogen) atoms. The molecule has 2 aromatic carbocycles. The van der Waals surface area contributed by atoms with Crippen molar-refractivity contribution in [3.05, 3.63) is 65.2 Å². The van der Waals surface area contributed by atoms with Crippen LogP contribution in [0.5, 0.6) is 0 Å². The van der Waals surface area contributed by atoms with Crippen LogP contribution in [-0.4, -0.2) is 15.3 Å². The number of hydrogen-bond acceptors (Lipinski definition) is 2. The van der Waals surface area contributed by atoms with Crippen molar-refractivity contribution < 1.29 is 22.9 Å². The SMILES string of the molecule is O=C(O)c1cccc(S(=O)Cc2ccc(F)c(F)c2)c1. The molecule has 0 radical (unpaired) electrons. The van der Waals surface area contributed by atoms with E-state index in [1.807, 2.05) is 0 Å². The standard InChI is InChI=1S/C14H10F2O3S/c15-12-5-4-9(6-13(12)16)8-20(19)11-3-1-2-10(7-11)14(17)18/h1-7H,8H2,(H,17,18). The fraction of sp³-hybridized carbons (Fsp3) is 0.0714. The number of aromatic carboxylic acids is 1. The molecule has 0 spiro atoms. The van der Waals surface area contributed by atoms with Gasteiger partial charge >= 0.3 is 5.97 Å². The Morgan fingerprint density at radius 1 is 1.10 bits per heavy atom. The molecule has 0 aliphatic carbocycles. The number of carboxylic acids is 1. The second-order valence-corrected chi connectivity index (χ2v) is 5.52. The van der Waals surface area contributed by atoms with Crippen LogP contribution in [0.15, 0.2) is 47.4 Å². The van der Waals surface area contributed by atoms with E-state index in [2.05, 4.69) is 0 Å². The smallest absolute Gasteiger partial charge is 0.335 e. The maximum atomic E-state index is 13.1. The first-order valence-corrected chi connectivity index (χ1v) is 6.95. The molecule has 0 saturated heterocycles. The molecule has 0 fully saturated rings. The van der Waals surface area contributed by atoms with Crippen molar-refractivity contribution in [2.24, 2.45) is 0 Å². The average molecular weight is 296 g/mol. The molecule has 1 N–H and O–H groups in total. The van der Waals surface area contributed by atoms with Crippen LogP contribution in [0, 0.1) is 11.6 Å². The van der Waals surface area contributed by atoms with Crippen LogP contribution in [-0.2, 0) is 16.6 Å². The lowest BCUT2D eigenvalue weighted by Crippen LogP contribution is -2.01. The summed E-state index contributed by atoms with van der Waals surface area (Å²) in [5.74, 6) is -3.09. The topological polar surface area (TPSA) is 54.4 Å². The Morgan fingerprint density at radius 2 is 1.85 bits per heavy atom. The summed E-state index contributed by atoms with van der Waals surface area (Å²) in [6.45, 7) is 0. The third kappa shape index (κ3) is 3.27. The molecular formula is C14H10F2O3S. The normalized spacial score (nSPS) is 12.1. The van der Waals surface area contributed by atoms with Gasteiger partial charge in [-0.15, -0.1) is 0 Å². The third-order valence-corrected chi connectivity index (χ3v) is 4.00. The minimum atomic E-state index is -1.53. The summed E-state index contributed by atoms with van der Waals surface area (Å²) in [6.07, 6.45) is 0. The molecule has 2 aromatic rings. The largest absolute Gasteiger partial charge is 0.478 e. The highest BCUT2D eigenvalue weighted by atomic mass is 32.2. The van der Waals surface area contributed by atoms with Gasteiger partial charge in [0.1, 0.15) is 0 Å². The second-order valence-electron chi connectivity index (χ2n) is 4.07. The van der Waals surface area contributed by atoms with Gasteiger partial charge in [0.2, 0.25) is 0 Å². The van der Waals surface area contributed by atoms with Crippen molar-refractivity contribution in [3.8, 4) is 0 Å². The Kier molecular flexibility index (Phi) is 4.24. The quantitative estimate of drug-likeness (QED) is 0.943. The predicted octanol–water partition coefficient (Wildman–Crippen LogP) is 2.97. The van der Waals surface area contributed by atoms with Crippen molar-refractivity contribution >= 4 is 16.8 Å². The summed E-state index contributed by atoms with van der Waals surface area (Å²) in [4.78, 5) is 11.2. The van der Waals surface area contributed by atoms with Gasteiger partial charge in [-0.2, -0.15) is 0 Å². The zero-order chi connectivity index (χ0) is 14.7. The maximum Gasteiger partial charge on any atom is 0.335 e. The molecule has 2 rings (SSSR count). The molecule has 0 aliphatic heterocycles. The molecule has 6 heteroatoms. The van der Waals surface area contributed by atoms with Gasteiger partial charge in [0.05, 0.1) is 22.1 Å². The summed E-state index contributed by atoms with van der Waals surface area (Å²) in [5, 5.41) is 8.86. The maximum absolute atomic E-state index is 13.1. The molecule has 0 heterocycles. The number of halogens is 2. The van der Waals surface area contributed by atoms with Crippen LogP contribution in [0.1, 0.15) is 15.9 Å². The van der Waals surface area contributed by atoms with E-state index in [1.165, 1.54) is 30.3 Å². The summed E-state index contributed by atoms with van der Waals surface area (Å²) >= 11 is 0. The first-order chi connectivity index (χ1) is 9.47. The second kappa shape index (κ2) is 5.92. The first-order valence-electron chi connectivity index (χ1n) is 5.63. The van der Waals surface area contributed by atoms with E-state index in [-0.39, 0.29) is 11.3 Å². The monoisotopic (exact) mass is 296 g/mol. The highest BCUT2D eigenvalue weighted by Crippen LogP contribution is 2.16. The lowest BCUT2D eigenvalue weighted by molar-refractivity contribution is 0.0696. The number of carbonyl (C=O) groups is 1. The summed E-state index contributed by atoms with van der Waals surface area (Å²) in [6, 6.07) is 9.00. The number of benzene rings is 2. The van der Waals surface area contributed by atoms with Gasteiger partial charge in [0, 0.05) is 4.90 Å². The minimum absolute atomic E-state index is 0.0136. The van der Waals surface area contributed by atoms with Crippen LogP contribution in [0.25, 0.3) is 0 Å². The predicted molar refractivity (Wildman–Crippen MR) is 69.9 cm³/mol. The van der Waals surface area contributed by atoms with E-state index in [0.29, 0.717) is 10.5 Å². The van der Waals surface area contributed by atoms with E-state index >= 15 is 0 Å². The third-order valence-electron chi connectivity index (χ3n) is 2.63. The van der Waals surface area contributed by atoms with Crippen molar-refractivity contribution in [3.63, 3.8) is 0 Å². The summed E-state index contributed by atoms with van der Waals surface area (Å²) in [7, 11) is -1.53. The van der Waals surface area contributed by atoms with Gasteiger partial charge < -0.3 is 5.11 Å². The average Bonchev–Trinajstić information content (AvgIpc) is 2.43. The van der Waals surface area contributed by atoms with Crippen LogP contribution in [0.4, 0.5) is 8.78 Å². The van der Waals surface area contributed by atoms with Crippen LogP contribution >= 0.6 is 0 Å². The van der Waals surface area contributed by atoms with E-state index in [4.69, 9.17) is 5.11 Å². The van der Waals surface area contributed by atoms with Crippen molar-refractivity contribution in [1.82, 2.24) is 0 Å². The van der Waals surface area contributed by atoms with E-state index in [0.717, 1.165) is 12.1 Å². The molecule has 0 aromatic heterocycles. The van der Waals surface area contributed by atoms with Gasteiger partial charge in [-0.3, -0.25) is 4.21 Å². The summed E-state index contributed by atoms with van der Waals surface area (Å²) in [5.41, 5.74) is 0.407. The van der Waals surface area contributed by atoms with E-state index < -0.39 is 28.4 Å². The molecule has 1 atom stereocenters. The fourth-order valence-corrected chi connectivity index (χ4v) is 2.77. The van der Waals surface area contributed by atoms with Crippen molar-refractivity contribution in [2.45, 2.75) is 10.6 Å². The van der Waals surface area contributed by atoms with Gasteiger partial charge in [0.25, 0.3) is 0 Å². The zero-order valence-electron chi connectivity index (χ0n) is 10.2. The van der Waals surface area contributed by atoms with Crippen LogP contribution < -0.4 is 0 Å². The fourth-order valence-electron chi connectivity index (χ4n) is 1.63. The molecule has 1 unspecified atom stereocenters. The molecule has 0 amide bonds. The Hall–Kier alpha value is -2.08. The number of carboxylic acid groups (broad SMARTS) is 1.